The molecule has 0 bridgehead atoms. The Morgan fingerprint density at radius 2 is 1.82 bits per heavy atom. The van der Waals surface area contributed by atoms with E-state index in [0.717, 1.165) is 11.4 Å². The van der Waals surface area contributed by atoms with Gasteiger partial charge in [-0.3, -0.25) is 14.4 Å². The fourth-order valence-electron chi connectivity index (χ4n) is 4.04. The van der Waals surface area contributed by atoms with E-state index >= 15 is 0 Å². The number of nitrogens with zero attached hydrogens (tertiary/aromatic N) is 6. The molecule has 1 aliphatic heterocycles. The minimum Gasteiger partial charge on any atom is -0.466 e. The van der Waals surface area contributed by atoms with Gasteiger partial charge >= 0.3 is 11.9 Å². The van der Waals surface area contributed by atoms with Crippen molar-refractivity contribution in [2.24, 2.45) is 0 Å². The second-order valence-corrected chi connectivity index (χ2v) is 7.82. The molecule has 2 aromatic heterocycles. The van der Waals surface area contributed by atoms with Gasteiger partial charge in [-0.15, -0.1) is 0 Å². The zero-order valence-electron chi connectivity index (χ0n) is 19.4. The van der Waals surface area contributed by atoms with Crippen LogP contribution in [-0.2, 0) is 20.7 Å². The number of hydrogen-bond acceptors (Lipinski definition) is 9. The zero-order valence-corrected chi connectivity index (χ0v) is 19.4. The van der Waals surface area contributed by atoms with Crippen molar-refractivity contribution in [2.45, 2.75) is 27.2 Å². The molecule has 0 saturated carbocycles. The van der Waals surface area contributed by atoms with Crippen LogP contribution in [0.2, 0.25) is 0 Å². The van der Waals surface area contributed by atoms with Gasteiger partial charge in [0.05, 0.1) is 18.6 Å². The highest BCUT2D eigenvalue weighted by Gasteiger charge is 2.28. The van der Waals surface area contributed by atoms with E-state index in [1.165, 1.54) is 13.3 Å². The molecule has 0 atom stereocenters. The fraction of sp³-hybridized carbons (Fsp3) is 0.391. The summed E-state index contributed by atoms with van der Waals surface area (Å²) >= 11 is 0. The minimum absolute atomic E-state index is 0.0622. The number of esters is 2. The number of benzene rings is 1. The van der Waals surface area contributed by atoms with Crippen LogP contribution in [0, 0.1) is 6.92 Å². The van der Waals surface area contributed by atoms with Crippen LogP contribution >= 0.6 is 0 Å². The van der Waals surface area contributed by atoms with Crippen molar-refractivity contribution < 1.29 is 23.9 Å². The molecule has 11 heteroatoms. The average molecular weight is 466 g/mol. The summed E-state index contributed by atoms with van der Waals surface area (Å²) < 4.78 is 12.0. The molecule has 1 saturated heterocycles. The lowest BCUT2D eigenvalue weighted by atomic mass is 10.1. The van der Waals surface area contributed by atoms with E-state index in [1.54, 1.807) is 40.6 Å². The standard InChI is InChI=1S/C23H26N6O5/c1-4-33-20(31)13-18-15(2)26-23-24-14-25-29(23)21(18)27-9-11-28(12-10-27)22(32)17-7-5-6-8-19(17)34-16(3)30/h5-8,14H,4,9-13H2,1-3H3. The first-order valence-corrected chi connectivity index (χ1v) is 11.1. The van der Waals surface area contributed by atoms with Crippen LogP contribution in [0.25, 0.3) is 5.78 Å². The summed E-state index contributed by atoms with van der Waals surface area (Å²) in [7, 11) is 0. The number of amides is 1. The van der Waals surface area contributed by atoms with E-state index in [-0.39, 0.29) is 24.0 Å². The van der Waals surface area contributed by atoms with Crippen LogP contribution in [0.4, 0.5) is 5.82 Å². The molecular formula is C23H26N6O5. The molecule has 0 N–H and O–H groups in total. The Morgan fingerprint density at radius 3 is 2.53 bits per heavy atom. The Morgan fingerprint density at radius 1 is 1.09 bits per heavy atom. The van der Waals surface area contributed by atoms with Crippen LogP contribution in [-0.4, -0.2) is 75.1 Å². The van der Waals surface area contributed by atoms with Crippen molar-refractivity contribution >= 4 is 29.4 Å². The Labute approximate surface area is 196 Å². The van der Waals surface area contributed by atoms with Crippen molar-refractivity contribution in [3.05, 3.63) is 47.4 Å². The van der Waals surface area contributed by atoms with Gasteiger partial charge in [-0.1, -0.05) is 12.1 Å². The van der Waals surface area contributed by atoms with Gasteiger partial charge in [-0.25, -0.2) is 4.98 Å². The molecule has 11 nitrogen and oxygen atoms in total. The van der Waals surface area contributed by atoms with Crippen LogP contribution in [0.1, 0.15) is 35.5 Å². The van der Waals surface area contributed by atoms with Crippen molar-refractivity contribution in [3.8, 4) is 5.75 Å². The molecule has 1 amide bonds. The van der Waals surface area contributed by atoms with Gasteiger partial charge in [0.25, 0.3) is 11.7 Å². The number of anilines is 1. The van der Waals surface area contributed by atoms with Crippen molar-refractivity contribution in [1.29, 1.82) is 0 Å². The number of para-hydroxylation sites is 1. The first-order chi connectivity index (χ1) is 16.4. The second-order valence-electron chi connectivity index (χ2n) is 7.82. The summed E-state index contributed by atoms with van der Waals surface area (Å²) in [6, 6.07) is 6.70. The molecule has 1 fully saturated rings. The lowest BCUT2D eigenvalue weighted by Crippen LogP contribution is -2.49. The highest BCUT2D eigenvalue weighted by atomic mass is 16.5. The van der Waals surface area contributed by atoms with Gasteiger partial charge in [-0.05, 0) is 26.0 Å². The molecule has 0 unspecified atom stereocenters. The molecule has 1 aromatic carbocycles. The van der Waals surface area contributed by atoms with Gasteiger partial charge in [0.15, 0.2) is 0 Å². The molecule has 0 aliphatic carbocycles. The topological polar surface area (TPSA) is 119 Å². The predicted octanol–water partition coefficient (Wildman–Crippen LogP) is 1.43. The van der Waals surface area contributed by atoms with Crippen molar-refractivity contribution in [1.82, 2.24) is 24.5 Å². The van der Waals surface area contributed by atoms with Gasteiger partial charge in [0.2, 0.25) is 0 Å². The lowest BCUT2D eigenvalue weighted by Gasteiger charge is -2.37. The molecule has 4 rings (SSSR count). The van der Waals surface area contributed by atoms with Crippen LogP contribution in [0.15, 0.2) is 30.6 Å². The Kier molecular flexibility index (Phi) is 6.71. The molecule has 0 spiro atoms. The Balaban J connectivity index is 1.57. The summed E-state index contributed by atoms with van der Waals surface area (Å²) in [5.74, 6) is 0.371. The normalized spacial score (nSPS) is 13.7. The van der Waals surface area contributed by atoms with Crippen LogP contribution in [0.5, 0.6) is 5.75 Å². The number of ether oxygens (including phenoxy) is 2. The van der Waals surface area contributed by atoms with Crippen molar-refractivity contribution in [3.63, 3.8) is 0 Å². The third kappa shape index (κ3) is 4.68. The molecule has 1 aliphatic rings. The van der Waals surface area contributed by atoms with E-state index in [4.69, 9.17) is 9.47 Å². The first-order valence-electron chi connectivity index (χ1n) is 11.1. The second kappa shape index (κ2) is 9.86. The number of aromatic nitrogens is 4. The fourth-order valence-corrected chi connectivity index (χ4v) is 4.04. The summed E-state index contributed by atoms with van der Waals surface area (Å²) in [5.41, 5.74) is 1.74. The quantitative estimate of drug-likeness (QED) is 0.392. The first kappa shape index (κ1) is 23.1. The largest absolute Gasteiger partial charge is 0.466 e. The summed E-state index contributed by atoms with van der Waals surface area (Å²) in [5, 5.41) is 4.31. The maximum Gasteiger partial charge on any atom is 0.310 e. The molecule has 178 valence electrons. The molecular weight excluding hydrogens is 440 g/mol. The third-order valence-electron chi connectivity index (χ3n) is 5.57. The number of carbonyl (C=O) groups is 3. The molecule has 34 heavy (non-hydrogen) atoms. The zero-order chi connectivity index (χ0) is 24.2. The van der Waals surface area contributed by atoms with Crippen molar-refractivity contribution in [2.75, 3.05) is 37.7 Å². The van der Waals surface area contributed by atoms with Gasteiger partial charge in [0, 0.05) is 44.4 Å². The SMILES string of the molecule is CCOC(=O)Cc1c(C)nc2ncnn2c1N1CCN(C(=O)c2ccccc2OC(C)=O)CC1. The minimum atomic E-state index is -0.482. The maximum atomic E-state index is 13.2. The number of piperazine rings is 1. The smallest absolute Gasteiger partial charge is 0.310 e. The van der Waals surface area contributed by atoms with E-state index < -0.39 is 5.97 Å². The highest BCUT2D eigenvalue weighted by molar-refractivity contribution is 5.97. The van der Waals surface area contributed by atoms with E-state index in [9.17, 15) is 14.4 Å². The monoisotopic (exact) mass is 466 g/mol. The number of hydrogen-bond donors (Lipinski definition) is 0. The average Bonchev–Trinajstić information content (AvgIpc) is 3.27. The Hall–Kier alpha value is -4.02. The van der Waals surface area contributed by atoms with Gasteiger partial charge in [0.1, 0.15) is 17.9 Å². The third-order valence-corrected chi connectivity index (χ3v) is 5.57. The highest BCUT2D eigenvalue weighted by Crippen LogP contribution is 2.27. The van der Waals surface area contributed by atoms with E-state index in [2.05, 4.69) is 20.0 Å². The predicted molar refractivity (Wildman–Crippen MR) is 122 cm³/mol. The summed E-state index contributed by atoms with van der Waals surface area (Å²) in [4.78, 5) is 49.3. The summed E-state index contributed by atoms with van der Waals surface area (Å²) in [6.07, 6.45) is 1.48. The molecule has 3 heterocycles. The van der Waals surface area contributed by atoms with Crippen LogP contribution in [0.3, 0.4) is 0 Å². The van der Waals surface area contributed by atoms with E-state index in [1.807, 2.05) is 6.92 Å². The van der Waals surface area contributed by atoms with Gasteiger partial charge in [-0.2, -0.15) is 14.6 Å². The summed E-state index contributed by atoms with van der Waals surface area (Å²) in [6.45, 7) is 7.08. The molecule has 0 radical (unpaired) electrons. The number of aryl methyl sites for hydroxylation is 1. The van der Waals surface area contributed by atoms with Gasteiger partial charge < -0.3 is 19.3 Å². The number of carbonyl (C=O) groups excluding carboxylic acids is 3. The number of rotatable bonds is 6. The lowest BCUT2D eigenvalue weighted by molar-refractivity contribution is -0.142. The van der Waals surface area contributed by atoms with E-state index in [0.29, 0.717) is 49.8 Å². The maximum absolute atomic E-state index is 13.2. The van der Waals surface area contributed by atoms with Crippen LogP contribution < -0.4 is 9.64 Å². The Bertz CT molecular complexity index is 1230. The molecule has 3 aromatic rings. The number of fused-ring (bicyclic) bond motifs is 1.